The van der Waals surface area contributed by atoms with Crippen LogP contribution in [0.1, 0.15) is 33.6 Å². The Hall–Kier alpha value is -1.23. The first-order valence-corrected chi connectivity index (χ1v) is 4.00. The normalized spacial score (nSPS) is 11.5. The highest BCUT2D eigenvalue weighted by Gasteiger charge is 1.96. The van der Waals surface area contributed by atoms with Crippen molar-refractivity contribution in [2.24, 2.45) is 0 Å². The first-order chi connectivity index (χ1) is 5.57. The third-order valence-electron chi connectivity index (χ3n) is 1.58. The lowest BCUT2D eigenvalue weighted by Crippen LogP contribution is -1.84. The maximum atomic E-state index is 8.99. The molecule has 1 N–H and O–H groups in total. The molecule has 0 bridgehead atoms. The van der Waals surface area contributed by atoms with Gasteiger partial charge in [-0.2, -0.15) is 5.26 Å². The van der Waals surface area contributed by atoms with Crippen molar-refractivity contribution >= 4 is 0 Å². The van der Waals surface area contributed by atoms with Gasteiger partial charge in [-0.25, -0.2) is 0 Å². The van der Waals surface area contributed by atoms with Gasteiger partial charge in [0.15, 0.2) is 5.76 Å². The van der Waals surface area contributed by atoms with Crippen LogP contribution in [-0.2, 0) is 0 Å². The van der Waals surface area contributed by atoms with E-state index in [-0.39, 0.29) is 5.76 Å². The average molecular weight is 165 g/mol. The molecule has 0 amide bonds. The van der Waals surface area contributed by atoms with Crippen LogP contribution in [0.25, 0.3) is 0 Å². The number of hydrogen-bond donors (Lipinski definition) is 1. The van der Waals surface area contributed by atoms with E-state index in [1.165, 1.54) is 5.57 Å². The van der Waals surface area contributed by atoms with E-state index in [0.717, 1.165) is 18.4 Å². The molecule has 0 unspecified atom stereocenters. The molecule has 2 nitrogen and oxygen atoms in total. The fourth-order valence-corrected chi connectivity index (χ4v) is 0.791. The predicted molar refractivity (Wildman–Crippen MR) is 49.6 cm³/mol. The Balaban J connectivity index is 3.97. The van der Waals surface area contributed by atoms with Gasteiger partial charge in [0.1, 0.15) is 6.07 Å². The van der Waals surface area contributed by atoms with Crippen molar-refractivity contribution in [3.63, 3.8) is 0 Å². The topological polar surface area (TPSA) is 44.0 Å². The predicted octanol–water partition coefficient (Wildman–Crippen LogP) is 3.09. The molecule has 0 aliphatic carbocycles. The molecule has 2 heteroatoms. The van der Waals surface area contributed by atoms with Gasteiger partial charge in [-0.05, 0) is 39.2 Å². The van der Waals surface area contributed by atoms with E-state index < -0.39 is 0 Å². The molecule has 0 rings (SSSR count). The van der Waals surface area contributed by atoms with Gasteiger partial charge in [0.2, 0.25) is 0 Å². The van der Waals surface area contributed by atoms with Crippen LogP contribution < -0.4 is 0 Å². The Bertz CT molecular complexity index is 239. The van der Waals surface area contributed by atoms with E-state index >= 15 is 0 Å². The molecule has 0 aromatic carbocycles. The largest absolute Gasteiger partial charge is 0.499 e. The number of rotatable bonds is 3. The monoisotopic (exact) mass is 165 g/mol. The van der Waals surface area contributed by atoms with Crippen LogP contribution in [0.15, 0.2) is 23.0 Å². The second kappa shape index (κ2) is 5.42. The standard InChI is InChI=1S/C10H15NO/c1-8(2)5-4-6-9(3)10(12)7-11/h5,12H,4,6H2,1-3H3/b10-9-. The summed E-state index contributed by atoms with van der Waals surface area (Å²) in [5, 5.41) is 17.3. The zero-order valence-corrected chi connectivity index (χ0v) is 7.89. The maximum Gasteiger partial charge on any atom is 0.193 e. The quantitative estimate of drug-likeness (QED) is 0.302. The fraction of sp³-hybridized carbons (Fsp3) is 0.500. The molecular weight excluding hydrogens is 150 g/mol. The summed E-state index contributed by atoms with van der Waals surface area (Å²) < 4.78 is 0. The van der Waals surface area contributed by atoms with Crippen LogP contribution in [0.5, 0.6) is 0 Å². The van der Waals surface area contributed by atoms with Gasteiger partial charge in [-0.15, -0.1) is 0 Å². The molecule has 0 saturated carbocycles. The van der Waals surface area contributed by atoms with E-state index in [1.807, 2.05) is 13.8 Å². The Morgan fingerprint density at radius 3 is 2.42 bits per heavy atom. The molecular formula is C10H15NO. The van der Waals surface area contributed by atoms with Crippen molar-refractivity contribution in [1.82, 2.24) is 0 Å². The smallest absolute Gasteiger partial charge is 0.193 e. The van der Waals surface area contributed by atoms with Crippen LogP contribution in [0.2, 0.25) is 0 Å². The van der Waals surface area contributed by atoms with Gasteiger partial charge in [-0.3, -0.25) is 0 Å². The van der Waals surface area contributed by atoms with Crippen LogP contribution >= 0.6 is 0 Å². The van der Waals surface area contributed by atoms with Gasteiger partial charge >= 0.3 is 0 Å². The third-order valence-corrected chi connectivity index (χ3v) is 1.58. The first-order valence-electron chi connectivity index (χ1n) is 4.00. The Morgan fingerprint density at radius 2 is 2.00 bits per heavy atom. The zero-order chi connectivity index (χ0) is 9.56. The molecule has 0 fully saturated rings. The van der Waals surface area contributed by atoms with Crippen molar-refractivity contribution in [1.29, 1.82) is 5.26 Å². The van der Waals surface area contributed by atoms with E-state index in [2.05, 4.69) is 6.08 Å². The number of allylic oxidation sites excluding steroid dienone is 4. The lowest BCUT2D eigenvalue weighted by Gasteiger charge is -1.97. The molecule has 0 aromatic heterocycles. The van der Waals surface area contributed by atoms with Crippen LogP contribution in [0.4, 0.5) is 0 Å². The van der Waals surface area contributed by atoms with E-state index in [1.54, 1.807) is 13.0 Å². The Labute approximate surface area is 73.8 Å². The van der Waals surface area contributed by atoms with Crippen molar-refractivity contribution in [2.75, 3.05) is 0 Å². The molecule has 0 aliphatic rings. The number of nitrogens with zero attached hydrogens (tertiary/aromatic N) is 1. The molecule has 0 atom stereocenters. The summed E-state index contributed by atoms with van der Waals surface area (Å²) in [6, 6.07) is 1.72. The van der Waals surface area contributed by atoms with Gasteiger partial charge in [0.25, 0.3) is 0 Å². The summed E-state index contributed by atoms with van der Waals surface area (Å²) in [5.41, 5.74) is 2.02. The second-order valence-corrected chi connectivity index (χ2v) is 3.06. The van der Waals surface area contributed by atoms with E-state index in [4.69, 9.17) is 10.4 Å². The van der Waals surface area contributed by atoms with Crippen LogP contribution in [0.3, 0.4) is 0 Å². The van der Waals surface area contributed by atoms with E-state index in [9.17, 15) is 0 Å². The lowest BCUT2D eigenvalue weighted by molar-refractivity contribution is 0.427. The first kappa shape index (κ1) is 10.8. The summed E-state index contributed by atoms with van der Waals surface area (Å²) in [4.78, 5) is 0. The molecule has 12 heavy (non-hydrogen) atoms. The minimum Gasteiger partial charge on any atom is -0.499 e. The summed E-state index contributed by atoms with van der Waals surface area (Å²) in [7, 11) is 0. The highest BCUT2D eigenvalue weighted by atomic mass is 16.3. The number of aliphatic hydroxyl groups excluding tert-OH is 1. The number of hydrogen-bond acceptors (Lipinski definition) is 2. The van der Waals surface area contributed by atoms with Crippen LogP contribution in [0, 0.1) is 11.3 Å². The summed E-state index contributed by atoms with van der Waals surface area (Å²) in [5.74, 6) is -0.142. The van der Waals surface area contributed by atoms with Crippen molar-refractivity contribution < 1.29 is 5.11 Å². The fourth-order valence-electron chi connectivity index (χ4n) is 0.791. The SMILES string of the molecule is CC(C)=CCC/C(C)=C(\O)C#N. The minimum atomic E-state index is -0.142. The minimum absolute atomic E-state index is 0.142. The molecule has 0 aromatic rings. The second-order valence-electron chi connectivity index (χ2n) is 3.06. The number of nitriles is 1. The Morgan fingerprint density at radius 1 is 1.42 bits per heavy atom. The summed E-state index contributed by atoms with van der Waals surface area (Å²) in [6.45, 7) is 5.84. The Kier molecular flexibility index (Phi) is 4.87. The zero-order valence-electron chi connectivity index (χ0n) is 7.89. The van der Waals surface area contributed by atoms with Gasteiger partial charge in [0.05, 0.1) is 0 Å². The molecule has 66 valence electrons. The molecule has 0 saturated heterocycles. The average Bonchev–Trinajstić information content (AvgIpc) is 2.02. The summed E-state index contributed by atoms with van der Waals surface area (Å²) in [6.07, 6.45) is 3.73. The number of aliphatic hydroxyl groups is 1. The molecule has 0 radical (unpaired) electrons. The van der Waals surface area contributed by atoms with E-state index in [0.29, 0.717) is 0 Å². The van der Waals surface area contributed by atoms with Crippen molar-refractivity contribution in [2.45, 2.75) is 33.6 Å². The summed E-state index contributed by atoms with van der Waals surface area (Å²) >= 11 is 0. The van der Waals surface area contributed by atoms with Crippen molar-refractivity contribution in [3.05, 3.63) is 23.0 Å². The van der Waals surface area contributed by atoms with Crippen LogP contribution in [-0.4, -0.2) is 5.11 Å². The maximum absolute atomic E-state index is 8.99. The molecule has 0 heterocycles. The highest BCUT2D eigenvalue weighted by molar-refractivity contribution is 5.19. The highest BCUT2D eigenvalue weighted by Crippen LogP contribution is 2.09. The molecule has 0 aliphatic heterocycles. The third kappa shape index (κ3) is 4.56. The van der Waals surface area contributed by atoms with Gasteiger partial charge < -0.3 is 5.11 Å². The van der Waals surface area contributed by atoms with Crippen molar-refractivity contribution in [3.8, 4) is 6.07 Å². The lowest BCUT2D eigenvalue weighted by atomic mass is 10.1. The molecule has 0 spiro atoms. The van der Waals surface area contributed by atoms with Gasteiger partial charge in [0, 0.05) is 0 Å². The van der Waals surface area contributed by atoms with Gasteiger partial charge in [-0.1, -0.05) is 11.6 Å².